The van der Waals surface area contributed by atoms with Crippen molar-refractivity contribution in [1.82, 2.24) is 19.8 Å². The Bertz CT molecular complexity index is 434. The van der Waals surface area contributed by atoms with E-state index in [1.807, 2.05) is 41.7 Å². The van der Waals surface area contributed by atoms with E-state index in [2.05, 4.69) is 10.3 Å². The molecule has 0 unspecified atom stereocenters. The zero-order valence-corrected chi connectivity index (χ0v) is 12.0. The van der Waals surface area contributed by atoms with Crippen LogP contribution in [0.2, 0.25) is 0 Å². The van der Waals surface area contributed by atoms with E-state index in [1.54, 1.807) is 0 Å². The normalized spacial score (nSPS) is 15.0. The van der Waals surface area contributed by atoms with Crippen LogP contribution in [0.5, 0.6) is 0 Å². The fourth-order valence-electron chi connectivity index (χ4n) is 2.39. The highest BCUT2D eigenvalue weighted by Crippen LogP contribution is 2.10. The van der Waals surface area contributed by atoms with Gasteiger partial charge in [-0.05, 0) is 12.8 Å². The maximum Gasteiger partial charge on any atom is 0.236 e. The lowest BCUT2D eigenvalue weighted by molar-refractivity contribution is -0.129. The minimum absolute atomic E-state index is 0.201. The van der Waals surface area contributed by atoms with Gasteiger partial charge in [0.2, 0.25) is 11.9 Å². The summed E-state index contributed by atoms with van der Waals surface area (Å²) in [5, 5.41) is 3.20. The molecule has 0 radical (unpaired) electrons. The summed E-state index contributed by atoms with van der Waals surface area (Å²) >= 11 is 0. The van der Waals surface area contributed by atoms with Gasteiger partial charge in [-0.1, -0.05) is 0 Å². The Hall–Kier alpha value is -1.56. The number of carbonyl (C=O) groups excluding carboxylic acids is 1. The third kappa shape index (κ3) is 3.26. The highest BCUT2D eigenvalue weighted by atomic mass is 16.2. The van der Waals surface area contributed by atoms with Gasteiger partial charge in [0.05, 0.1) is 18.4 Å². The van der Waals surface area contributed by atoms with E-state index in [9.17, 15) is 4.79 Å². The number of hydrogen-bond acceptors (Lipinski definition) is 4. The molecule has 0 saturated carbocycles. The zero-order valence-electron chi connectivity index (χ0n) is 12.0. The van der Waals surface area contributed by atoms with Crippen molar-refractivity contribution >= 4 is 11.9 Å². The van der Waals surface area contributed by atoms with Crippen molar-refractivity contribution in [2.45, 2.75) is 19.4 Å². The van der Waals surface area contributed by atoms with Gasteiger partial charge in [-0.2, -0.15) is 0 Å². The monoisotopic (exact) mass is 265 g/mol. The van der Waals surface area contributed by atoms with E-state index in [0.717, 1.165) is 37.6 Å². The molecule has 2 rings (SSSR count). The largest absolute Gasteiger partial charge is 0.348 e. The molecular weight excluding hydrogens is 242 g/mol. The molecular formula is C13H23N5O. The van der Waals surface area contributed by atoms with Crippen molar-refractivity contribution < 1.29 is 4.79 Å². The van der Waals surface area contributed by atoms with Gasteiger partial charge in [-0.15, -0.1) is 0 Å². The minimum Gasteiger partial charge on any atom is -0.348 e. The van der Waals surface area contributed by atoms with E-state index in [0.29, 0.717) is 13.1 Å². The van der Waals surface area contributed by atoms with Gasteiger partial charge >= 0.3 is 0 Å². The second-order valence-corrected chi connectivity index (χ2v) is 5.19. The van der Waals surface area contributed by atoms with Crippen LogP contribution in [-0.2, 0) is 18.4 Å². The molecule has 6 nitrogen and oxygen atoms in total. The minimum atomic E-state index is 0.201. The summed E-state index contributed by atoms with van der Waals surface area (Å²) in [5.41, 5.74) is 1.08. The zero-order chi connectivity index (χ0) is 13.8. The topological polar surface area (TPSA) is 53.4 Å². The average molecular weight is 265 g/mol. The molecule has 1 aliphatic rings. The summed E-state index contributed by atoms with van der Waals surface area (Å²) in [5.74, 6) is 1.12. The summed E-state index contributed by atoms with van der Waals surface area (Å²) in [6.07, 6.45) is 4.13. The molecule has 1 fully saturated rings. The van der Waals surface area contributed by atoms with Crippen LogP contribution < -0.4 is 10.2 Å². The maximum atomic E-state index is 11.9. The first-order chi connectivity index (χ1) is 9.09. The lowest BCUT2D eigenvalue weighted by Gasteiger charge is -2.16. The van der Waals surface area contributed by atoms with Crippen LogP contribution in [0.25, 0.3) is 0 Å². The molecule has 19 heavy (non-hydrogen) atoms. The Morgan fingerprint density at radius 3 is 2.68 bits per heavy atom. The quantitative estimate of drug-likeness (QED) is 0.826. The van der Waals surface area contributed by atoms with E-state index in [1.165, 1.54) is 0 Å². The third-order valence-electron chi connectivity index (χ3n) is 3.50. The van der Waals surface area contributed by atoms with Crippen LogP contribution in [0.1, 0.15) is 18.5 Å². The van der Waals surface area contributed by atoms with Crippen LogP contribution in [0.15, 0.2) is 6.20 Å². The molecule has 1 aromatic heterocycles. The summed E-state index contributed by atoms with van der Waals surface area (Å²) in [6.45, 7) is 2.90. The highest BCUT2D eigenvalue weighted by molar-refractivity contribution is 5.78. The van der Waals surface area contributed by atoms with Crippen molar-refractivity contribution in [2.24, 2.45) is 7.05 Å². The number of aromatic nitrogens is 2. The Labute approximate surface area is 114 Å². The van der Waals surface area contributed by atoms with E-state index in [-0.39, 0.29) is 5.91 Å². The van der Waals surface area contributed by atoms with Gasteiger partial charge in [-0.25, -0.2) is 4.98 Å². The lowest BCUT2D eigenvalue weighted by Crippen LogP contribution is -2.36. The predicted octanol–water partition coefficient (Wildman–Crippen LogP) is 0.198. The molecule has 0 aromatic carbocycles. The van der Waals surface area contributed by atoms with E-state index >= 15 is 0 Å². The number of hydrogen-bond donors (Lipinski definition) is 1. The Morgan fingerprint density at radius 1 is 1.42 bits per heavy atom. The van der Waals surface area contributed by atoms with Gasteiger partial charge < -0.3 is 19.7 Å². The lowest BCUT2D eigenvalue weighted by atomic mass is 10.4. The fourth-order valence-corrected chi connectivity index (χ4v) is 2.39. The first-order valence-corrected chi connectivity index (χ1v) is 6.76. The van der Waals surface area contributed by atoms with Crippen molar-refractivity contribution in [3.8, 4) is 0 Å². The molecule has 1 saturated heterocycles. The van der Waals surface area contributed by atoms with Crippen LogP contribution in [0.4, 0.5) is 5.95 Å². The molecule has 1 aromatic rings. The number of carbonyl (C=O) groups is 1. The molecule has 0 bridgehead atoms. The molecule has 6 heteroatoms. The predicted molar refractivity (Wildman–Crippen MR) is 75.1 cm³/mol. The molecule has 1 amide bonds. The number of likely N-dealkylation sites (tertiary alicyclic amines) is 1. The van der Waals surface area contributed by atoms with Crippen molar-refractivity contribution in [1.29, 1.82) is 0 Å². The second-order valence-electron chi connectivity index (χ2n) is 5.19. The molecule has 0 aliphatic carbocycles. The Kier molecular flexibility index (Phi) is 4.42. The first-order valence-electron chi connectivity index (χ1n) is 6.76. The first kappa shape index (κ1) is 13.9. The van der Waals surface area contributed by atoms with Gasteiger partial charge in [0.1, 0.15) is 0 Å². The second kappa shape index (κ2) is 6.06. The average Bonchev–Trinajstić information content (AvgIpc) is 2.99. The fraction of sp³-hybridized carbons (Fsp3) is 0.692. The van der Waals surface area contributed by atoms with Crippen molar-refractivity contribution in [3.05, 3.63) is 11.9 Å². The van der Waals surface area contributed by atoms with Crippen LogP contribution in [-0.4, -0.2) is 54.1 Å². The number of nitrogens with zero attached hydrogens (tertiary/aromatic N) is 4. The van der Waals surface area contributed by atoms with Crippen molar-refractivity contribution in [2.75, 3.05) is 38.6 Å². The molecule has 2 heterocycles. The summed E-state index contributed by atoms with van der Waals surface area (Å²) in [6, 6.07) is 0. The summed E-state index contributed by atoms with van der Waals surface area (Å²) in [4.78, 5) is 20.1. The van der Waals surface area contributed by atoms with Gasteiger partial charge in [0.25, 0.3) is 0 Å². The molecule has 106 valence electrons. The van der Waals surface area contributed by atoms with Gasteiger partial charge in [0.15, 0.2) is 0 Å². The number of anilines is 1. The summed E-state index contributed by atoms with van der Waals surface area (Å²) in [7, 11) is 5.93. The van der Waals surface area contributed by atoms with E-state index < -0.39 is 0 Å². The van der Waals surface area contributed by atoms with E-state index in [4.69, 9.17) is 0 Å². The molecule has 0 spiro atoms. The smallest absolute Gasteiger partial charge is 0.236 e. The molecule has 0 atom stereocenters. The van der Waals surface area contributed by atoms with Crippen molar-refractivity contribution in [3.63, 3.8) is 0 Å². The molecule has 1 N–H and O–H groups in total. The maximum absolute atomic E-state index is 11.9. The standard InChI is InChI=1S/C13H23N5O/c1-16(2)13-15-9-11(17(13)3)8-14-10-12(19)18-6-4-5-7-18/h9,14H,4-8,10H2,1-3H3. The van der Waals surface area contributed by atoms with Gasteiger partial charge in [-0.3, -0.25) is 4.79 Å². The van der Waals surface area contributed by atoms with Crippen LogP contribution in [0.3, 0.4) is 0 Å². The number of amides is 1. The number of nitrogens with one attached hydrogen (secondary N) is 1. The van der Waals surface area contributed by atoms with Crippen LogP contribution >= 0.6 is 0 Å². The number of rotatable bonds is 5. The van der Waals surface area contributed by atoms with Gasteiger partial charge in [0, 0.05) is 40.8 Å². The highest BCUT2D eigenvalue weighted by Gasteiger charge is 2.17. The Morgan fingerprint density at radius 2 is 2.11 bits per heavy atom. The summed E-state index contributed by atoms with van der Waals surface area (Å²) < 4.78 is 2.04. The Balaban J connectivity index is 1.80. The number of imidazole rings is 1. The third-order valence-corrected chi connectivity index (χ3v) is 3.50. The van der Waals surface area contributed by atoms with Crippen LogP contribution in [0, 0.1) is 0 Å². The molecule has 1 aliphatic heterocycles. The SMILES string of the molecule is CN(C)c1ncc(CNCC(=O)N2CCCC2)n1C.